The lowest BCUT2D eigenvalue weighted by molar-refractivity contribution is 1.14. The molecule has 1 aromatic carbocycles. The van der Waals surface area contributed by atoms with Gasteiger partial charge in [-0.15, -0.1) is 0 Å². The van der Waals surface area contributed by atoms with Gasteiger partial charge in [-0.1, -0.05) is 47.6 Å². The molecular formula is C13H14. The predicted octanol–water partition coefficient (Wildman–Crippen LogP) is 3.51. The van der Waals surface area contributed by atoms with Crippen molar-refractivity contribution >= 4 is 6.08 Å². The fraction of sp³-hybridized carbons (Fsp3) is 0.231. The molecule has 0 nitrogen and oxygen atoms in total. The SMILES string of the molecule is CC1=CC=Cc2cc(C)ccc2C1. The molecule has 0 saturated carbocycles. The van der Waals surface area contributed by atoms with Gasteiger partial charge in [-0.25, -0.2) is 0 Å². The summed E-state index contributed by atoms with van der Waals surface area (Å²) in [5, 5.41) is 0. The summed E-state index contributed by atoms with van der Waals surface area (Å²) in [4.78, 5) is 0. The second-order valence-corrected chi connectivity index (χ2v) is 3.75. The fourth-order valence-corrected chi connectivity index (χ4v) is 1.71. The van der Waals surface area contributed by atoms with Crippen molar-refractivity contribution in [1.29, 1.82) is 0 Å². The summed E-state index contributed by atoms with van der Waals surface area (Å²) in [5.74, 6) is 0. The first-order valence-electron chi connectivity index (χ1n) is 4.69. The summed E-state index contributed by atoms with van der Waals surface area (Å²) >= 11 is 0. The number of hydrogen-bond donors (Lipinski definition) is 0. The number of fused-ring (bicyclic) bond motifs is 1. The van der Waals surface area contributed by atoms with Gasteiger partial charge in [0.05, 0.1) is 0 Å². The molecule has 0 fully saturated rings. The van der Waals surface area contributed by atoms with Crippen molar-refractivity contribution in [2.24, 2.45) is 0 Å². The Morgan fingerprint density at radius 2 is 2.00 bits per heavy atom. The molecule has 0 aromatic heterocycles. The van der Waals surface area contributed by atoms with Crippen LogP contribution in [0.25, 0.3) is 6.08 Å². The van der Waals surface area contributed by atoms with Gasteiger partial charge in [0.25, 0.3) is 0 Å². The van der Waals surface area contributed by atoms with E-state index in [0.717, 1.165) is 6.42 Å². The van der Waals surface area contributed by atoms with Gasteiger partial charge in [0.1, 0.15) is 0 Å². The summed E-state index contributed by atoms with van der Waals surface area (Å²) in [7, 11) is 0. The van der Waals surface area contributed by atoms with Gasteiger partial charge < -0.3 is 0 Å². The topological polar surface area (TPSA) is 0 Å². The van der Waals surface area contributed by atoms with Crippen LogP contribution >= 0.6 is 0 Å². The molecule has 0 spiro atoms. The third-order valence-electron chi connectivity index (χ3n) is 2.43. The van der Waals surface area contributed by atoms with Gasteiger partial charge in [0.15, 0.2) is 0 Å². The van der Waals surface area contributed by atoms with Crippen LogP contribution in [0.5, 0.6) is 0 Å². The molecule has 0 saturated heterocycles. The maximum absolute atomic E-state index is 2.25. The number of benzene rings is 1. The lowest BCUT2D eigenvalue weighted by Crippen LogP contribution is -1.89. The summed E-state index contributed by atoms with van der Waals surface area (Å²) in [6.07, 6.45) is 7.61. The average molecular weight is 170 g/mol. The quantitative estimate of drug-likeness (QED) is 0.559. The van der Waals surface area contributed by atoms with Crippen LogP contribution in [-0.2, 0) is 6.42 Å². The molecule has 0 atom stereocenters. The van der Waals surface area contributed by atoms with E-state index in [1.165, 1.54) is 22.3 Å². The fourth-order valence-electron chi connectivity index (χ4n) is 1.71. The van der Waals surface area contributed by atoms with E-state index in [-0.39, 0.29) is 0 Å². The number of aryl methyl sites for hydroxylation is 1. The Hall–Kier alpha value is -1.30. The zero-order chi connectivity index (χ0) is 9.26. The monoisotopic (exact) mass is 170 g/mol. The lowest BCUT2D eigenvalue weighted by atomic mass is 10.0. The Labute approximate surface area is 79.6 Å². The highest BCUT2D eigenvalue weighted by molar-refractivity contribution is 5.59. The molecule has 13 heavy (non-hydrogen) atoms. The van der Waals surface area contributed by atoms with Gasteiger partial charge in [0, 0.05) is 0 Å². The summed E-state index contributed by atoms with van der Waals surface area (Å²) in [5.41, 5.74) is 5.57. The Bertz CT molecular complexity index is 381. The highest BCUT2D eigenvalue weighted by Crippen LogP contribution is 2.19. The molecule has 0 heteroatoms. The summed E-state index contributed by atoms with van der Waals surface area (Å²) in [6.45, 7) is 4.32. The molecule has 0 N–H and O–H groups in total. The summed E-state index contributed by atoms with van der Waals surface area (Å²) in [6, 6.07) is 6.67. The van der Waals surface area contributed by atoms with Crippen LogP contribution in [0.1, 0.15) is 23.6 Å². The van der Waals surface area contributed by atoms with Gasteiger partial charge in [-0.05, 0) is 31.4 Å². The van der Waals surface area contributed by atoms with E-state index in [1.54, 1.807) is 0 Å². The molecule has 66 valence electrons. The van der Waals surface area contributed by atoms with Crippen LogP contribution in [0.2, 0.25) is 0 Å². The minimum atomic E-state index is 1.09. The third kappa shape index (κ3) is 1.72. The molecule has 1 aromatic rings. The Balaban J connectivity index is 2.50. The molecule has 1 aliphatic carbocycles. The van der Waals surface area contributed by atoms with Gasteiger partial charge >= 0.3 is 0 Å². The Morgan fingerprint density at radius 1 is 1.15 bits per heavy atom. The van der Waals surface area contributed by atoms with Crippen LogP contribution in [-0.4, -0.2) is 0 Å². The zero-order valence-corrected chi connectivity index (χ0v) is 8.17. The van der Waals surface area contributed by atoms with E-state index in [0.29, 0.717) is 0 Å². The van der Waals surface area contributed by atoms with E-state index in [1.807, 2.05) is 0 Å². The molecule has 0 bridgehead atoms. The van der Waals surface area contributed by atoms with Crippen molar-refractivity contribution in [3.63, 3.8) is 0 Å². The van der Waals surface area contributed by atoms with Crippen LogP contribution in [0.15, 0.2) is 35.9 Å². The first kappa shape index (κ1) is 8.31. The smallest absolute Gasteiger partial charge is 0.00608 e. The maximum atomic E-state index is 2.25. The summed E-state index contributed by atoms with van der Waals surface area (Å²) < 4.78 is 0. The number of hydrogen-bond acceptors (Lipinski definition) is 0. The molecular weight excluding hydrogens is 156 g/mol. The van der Waals surface area contributed by atoms with E-state index in [9.17, 15) is 0 Å². The third-order valence-corrected chi connectivity index (χ3v) is 2.43. The number of rotatable bonds is 0. The molecule has 0 radical (unpaired) electrons. The van der Waals surface area contributed by atoms with Crippen LogP contribution in [0.4, 0.5) is 0 Å². The minimum Gasteiger partial charge on any atom is -0.0689 e. The van der Waals surface area contributed by atoms with Crippen molar-refractivity contribution in [3.8, 4) is 0 Å². The van der Waals surface area contributed by atoms with Crippen molar-refractivity contribution < 1.29 is 0 Å². The van der Waals surface area contributed by atoms with Crippen LogP contribution < -0.4 is 0 Å². The van der Waals surface area contributed by atoms with Gasteiger partial charge in [-0.2, -0.15) is 0 Å². The predicted molar refractivity (Wildman–Crippen MR) is 57.7 cm³/mol. The maximum Gasteiger partial charge on any atom is -0.00608 e. The van der Waals surface area contributed by atoms with Gasteiger partial charge in [-0.3, -0.25) is 0 Å². The molecule has 1 aliphatic rings. The molecule has 0 amide bonds. The first-order valence-corrected chi connectivity index (χ1v) is 4.69. The van der Waals surface area contributed by atoms with Gasteiger partial charge in [0.2, 0.25) is 0 Å². The molecule has 0 heterocycles. The second-order valence-electron chi connectivity index (χ2n) is 3.75. The zero-order valence-electron chi connectivity index (χ0n) is 8.17. The van der Waals surface area contributed by atoms with Crippen molar-refractivity contribution in [2.75, 3.05) is 0 Å². The Morgan fingerprint density at radius 3 is 2.85 bits per heavy atom. The van der Waals surface area contributed by atoms with E-state index in [2.05, 4.69) is 50.3 Å². The van der Waals surface area contributed by atoms with E-state index >= 15 is 0 Å². The highest BCUT2D eigenvalue weighted by Gasteiger charge is 2.02. The van der Waals surface area contributed by atoms with Crippen molar-refractivity contribution in [2.45, 2.75) is 20.3 Å². The normalized spacial score (nSPS) is 14.8. The molecule has 0 unspecified atom stereocenters. The minimum absolute atomic E-state index is 1.09. The second kappa shape index (κ2) is 3.21. The molecule has 0 aliphatic heterocycles. The van der Waals surface area contributed by atoms with E-state index in [4.69, 9.17) is 0 Å². The standard InChI is InChI=1S/C13H14/c1-10-4-3-5-12-9-11(2)6-7-13(12)8-10/h3-7,9H,8H2,1-2H3. The lowest BCUT2D eigenvalue weighted by Gasteiger charge is -2.05. The average Bonchev–Trinajstić information content (AvgIpc) is 2.25. The molecule has 2 rings (SSSR count). The number of allylic oxidation sites excluding steroid dienone is 3. The highest BCUT2D eigenvalue weighted by atomic mass is 14.1. The van der Waals surface area contributed by atoms with E-state index < -0.39 is 0 Å². The van der Waals surface area contributed by atoms with Crippen molar-refractivity contribution in [1.82, 2.24) is 0 Å². The largest absolute Gasteiger partial charge is 0.0689 e. The van der Waals surface area contributed by atoms with Crippen molar-refractivity contribution in [3.05, 3.63) is 52.6 Å². The Kier molecular flexibility index (Phi) is 2.05. The van der Waals surface area contributed by atoms with Crippen LogP contribution in [0.3, 0.4) is 0 Å². The first-order chi connectivity index (χ1) is 6.25. The van der Waals surface area contributed by atoms with Crippen LogP contribution in [0, 0.1) is 6.92 Å².